The maximum Gasteiger partial charge on any atom is 0.0512 e. The highest BCUT2D eigenvalue weighted by Gasteiger charge is 2.59. The van der Waals surface area contributed by atoms with Crippen molar-refractivity contribution in [1.82, 2.24) is 0 Å². The number of benzene rings is 3. The lowest BCUT2D eigenvalue weighted by molar-refractivity contribution is 0.396. The molecule has 6 rings (SSSR count). The van der Waals surface area contributed by atoms with Crippen molar-refractivity contribution >= 4 is 22.6 Å². The Morgan fingerprint density at radius 2 is 1.50 bits per heavy atom. The first kappa shape index (κ1) is 14.4. The smallest absolute Gasteiger partial charge is 0.0512 e. The van der Waals surface area contributed by atoms with Gasteiger partial charge in [-0.2, -0.15) is 0 Å². The van der Waals surface area contributed by atoms with Gasteiger partial charge in [0.25, 0.3) is 0 Å². The van der Waals surface area contributed by atoms with Crippen LogP contribution in [0.3, 0.4) is 0 Å². The van der Waals surface area contributed by atoms with Crippen molar-refractivity contribution in [2.24, 2.45) is 5.41 Å². The summed E-state index contributed by atoms with van der Waals surface area (Å²) in [6.45, 7) is 4.75. The van der Waals surface area contributed by atoms with E-state index in [0.717, 1.165) is 0 Å². The van der Waals surface area contributed by atoms with Crippen LogP contribution in [0.4, 0.5) is 17.1 Å². The Labute approximate surface area is 154 Å². The summed E-state index contributed by atoms with van der Waals surface area (Å²) in [4.78, 5) is 2.45. The summed E-state index contributed by atoms with van der Waals surface area (Å²) in [5.74, 6) is 0. The van der Waals surface area contributed by atoms with Crippen molar-refractivity contribution in [1.29, 1.82) is 0 Å². The summed E-state index contributed by atoms with van der Waals surface area (Å²) in [6, 6.07) is 26.6. The van der Waals surface area contributed by atoms with Gasteiger partial charge in [0.2, 0.25) is 0 Å². The molecule has 3 aromatic rings. The highest BCUT2D eigenvalue weighted by Crippen LogP contribution is 2.71. The highest BCUT2D eigenvalue weighted by molar-refractivity contribution is 6.04. The maximum atomic E-state index is 2.52. The number of hydrogen-bond donors (Lipinski definition) is 0. The molecule has 26 heavy (non-hydrogen) atoms. The van der Waals surface area contributed by atoms with Crippen LogP contribution in [0, 0.1) is 5.41 Å². The molecule has 1 spiro atoms. The normalized spacial score (nSPS) is 23.5. The van der Waals surface area contributed by atoms with E-state index in [-0.39, 0.29) is 10.8 Å². The van der Waals surface area contributed by atoms with Crippen molar-refractivity contribution in [2.45, 2.75) is 25.7 Å². The number of fused-ring (bicyclic) bond motifs is 2. The summed E-state index contributed by atoms with van der Waals surface area (Å²) < 4.78 is 0. The van der Waals surface area contributed by atoms with Gasteiger partial charge in [0.15, 0.2) is 0 Å². The molecule has 0 bridgehead atoms. The Morgan fingerprint density at radius 3 is 2.35 bits per heavy atom. The fraction of sp³-hybridized carbons (Fsp3) is 0.200. The Bertz CT molecular complexity index is 1090. The van der Waals surface area contributed by atoms with E-state index in [4.69, 9.17) is 0 Å². The molecule has 126 valence electrons. The number of hydrogen-bond acceptors (Lipinski definition) is 1. The molecule has 3 aliphatic rings. The van der Waals surface area contributed by atoms with Crippen LogP contribution in [0.15, 0.2) is 78.9 Å². The second-order valence-electron chi connectivity index (χ2n) is 8.52. The fourth-order valence-corrected chi connectivity index (χ4v) is 5.60. The molecular weight excluding hydrogens is 314 g/mol. The van der Waals surface area contributed by atoms with Gasteiger partial charge >= 0.3 is 0 Å². The first-order valence-corrected chi connectivity index (χ1v) is 9.44. The molecule has 3 aromatic carbocycles. The molecule has 0 saturated heterocycles. The van der Waals surface area contributed by atoms with Crippen LogP contribution in [0.1, 0.15) is 37.0 Å². The molecule has 2 aliphatic carbocycles. The monoisotopic (exact) mass is 335 g/mol. The van der Waals surface area contributed by atoms with E-state index in [0.29, 0.717) is 0 Å². The van der Waals surface area contributed by atoms with E-state index in [1.807, 2.05) is 0 Å². The molecular formula is C25H21N. The topological polar surface area (TPSA) is 3.24 Å². The molecule has 1 atom stereocenters. The zero-order valence-electron chi connectivity index (χ0n) is 15.2. The van der Waals surface area contributed by atoms with Crippen molar-refractivity contribution in [3.8, 4) is 0 Å². The van der Waals surface area contributed by atoms with E-state index in [1.54, 1.807) is 5.57 Å². The fourth-order valence-electron chi connectivity index (χ4n) is 5.60. The van der Waals surface area contributed by atoms with Crippen molar-refractivity contribution < 1.29 is 0 Å². The molecule has 1 aliphatic heterocycles. The van der Waals surface area contributed by atoms with Gasteiger partial charge in [0.1, 0.15) is 0 Å². The van der Waals surface area contributed by atoms with Gasteiger partial charge in [-0.3, -0.25) is 0 Å². The molecule has 1 heterocycles. The van der Waals surface area contributed by atoms with Gasteiger partial charge in [-0.1, -0.05) is 68.5 Å². The lowest BCUT2D eigenvalue weighted by atomic mass is 9.54. The van der Waals surface area contributed by atoms with Crippen LogP contribution in [0.2, 0.25) is 0 Å². The molecule has 0 N–H and O–H groups in total. The van der Waals surface area contributed by atoms with Crippen LogP contribution in [-0.4, -0.2) is 0 Å². The summed E-state index contributed by atoms with van der Waals surface area (Å²) in [6.07, 6.45) is 3.69. The van der Waals surface area contributed by atoms with E-state index in [1.165, 1.54) is 40.2 Å². The van der Waals surface area contributed by atoms with Crippen LogP contribution >= 0.6 is 0 Å². The second-order valence-corrected chi connectivity index (χ2v) is 8.52. The third-order valence-corrected chi connectivity index (χ3v) is 6.34. The van der Waals surface area contributed by atoms with E-state index in [2.05, 4.69) is 97.6 Å². The predicted molar refractivity (Wildman–Crippen MR) is 108 cm³/mol. The van der Waals surface area contributed by atoms with Gasteiger partial charge in [0, 0.05) is 5.69 Å². The Morgan fingerprint density at radius 1 is 0.769 bits per heavy atom. The Hall–Kier alpha value is -2.80. The first-order chi connectivity index (χ1) is 12.6. The predicted octanol–water partition coefficient (Wildman–Crippen LogP) is 6.58. The van der Waals surface area contributed by atoms with Crippen molar-refractivity contribution in [3.63, 3.8) is 0 Å². The molecule has 1 nitrogen and oxygen atoms in total. The van der Waals surface area contributed by atoms with Gasteiger partial charge in [-0.05, 0) is 58.4 Å². The molecule has 0 saturated carbocycles. The number of allylic oxidation sites excluding steroid dienone is 2. The lowest BCUT2D eigenvalue weighted by Crippen LogP contribution is -2.43. The van der Waals surface area contributed by atoms with Gasteiger partial charge in [0.05, 0.1) is 16.8 Å². The van der Waals surface area contributed by atoms with E-state index >= 15 is 0 Å². The highest BCUT2D eigenvalue weighted by atomic mass is 15.2. The van der Waals surface area contributed by atoms with Gasteiger partial charge in [-0.15, -0.1) is 0 Å². The van der Waals surface area contributed by atoms with Gasteiger partial charge < -0.3 is 4.90 Å². The first-order valence-electron chi connectivity index (χ1n) is 9.44. The third-order valence-electron chi connectivity index (χ3n) is 6.34. The summed E-state index contributed by atoms with van der Waals surface area (Å²) in [7, 11) is 0. The minimum Gasteiger partial charge on any atom is -0.310 e. The van der Waals surface area contributed by atoms with E-state index < -0.39 is 0 Å². The number of nitrogens with zero attached hydrogens (tertiary/aromatic N) is 1. The van der Waals surface area contributed by atoms with Crippen LogP contribution in [0.25, 0.3) is 5.57 Å². The zero-order chi connectivity index (χ0) is 17.5. The molecule has 0 aromatic heterocycles. The molecule has 1 heteroatoms. The number of para-hydroxylation sites is 2. The van der Waals surface area contributed by atoms with Crippen molar-refractivity contribution in [2.75, 3.05) is 4.90 Å². The SMILES string of the molecule is CC1(C)C=C2c3cccc4c3C2(C1)c1ccccc1N4c1ccccc1. The second kappa shape index (κ2) is 4.48. The summed E-state index contributed by atoms with van der Waals surface area (Å²) >= 11 is 0. The van der Waals surface area contributed by atoms with E-state index in [9.17, 15) is 0 Å². The van der Waals surface area contributed by atoms with Crippen molar-refractivity contribution in [3.05, 3.63) is 95.6 Å². The Kier molecular flexibility index (Phi) is 2.48. The minimum absolute atomic E-state index is 0.0807. The molecule has 0 amide bonds. The summed E-state index contributed by atoms with van der Waals surface area (Å²) in [5.41, 5.74) is 10.2. The number of anilines is 3. The quantitative estimate of drug-likeness (QED) is 0.485. The molecule has 0 fully saturated rings. The summed E-state index contributed by atoms with van der Waals surface area (Å²) in [5, 5.41) is 0. The Balaban J connectivity index is 1.71. The van der Waals surface area contributed by atoms with Crippen LogP contribution < -0.4 is 4.90 Å². The average Bonchev–Trinajstić information content (AvgIpc) is 2.89. The average molecular weight is 335 g/mol. The molecule has 0 radical (unpaired) electrons. The third kappa shape index (κ3) is 1.53. The van der Waals surface area contributed by atoms with Crippen LogP contribution in [-0.2, 0) is 5.41 Å². The zero-order valence-corrected chi connectivity index (χ0v) is 15.2. The lowest BCUT2D eigenvalue weighted by Gasteiger charge is -2.53. The largest absolute Gasteiger partial charge is 0.310 e. The standard InChI is InChI=1S/C25H21N/c1-24(2)15-20-18-11-8-14-22-23(18)25(20,16-24)19-12-6-7-13-21(19)26(22)17-9-4-3-5-10-17/h3-15H,16H2,1-2H3. The minimum atomic E-state index is 0.0807. The molecule has 1 unspecified atom stereocenters. The number of rotatable bonds is 1. The maximum absolute atomic E-state index is 2.52. The van der Waals surface area contributed by atoms with Crippen LogP contribution in [0.5, 0.6) is 0 Å². The van der Waals surface area contributed by atoms with Gasteiger partial charge in [-0.25, -0.2) is 0 Å².